The maximum atomic E-state index is 12.5. The van der Waals surface area contributed by atoms with Crippen molar-refractivity contribution in [3.63, 3.8) is 0 Å². The fraction of sp³-hybridized carbons (Fsp3) is 0.500. The van der Waals surface area contributed by atoms with Crippen molar-refractivity contribution in [3.8, 4) is 0 Å². The number of benzene rings is 1. The Hall–Kier alpha value is -1.40. The number of rotatable bonds is 3. The van der Waals surface area contributed by atoms with Crippen LogP contribution in [-0.4, -0.2) is 40.6 Å². The summed E-state index contributed by atoms with van der Waals surface area (Å²) < 4.78 is 6.40. The summed E-state index contributed by atoms with van der Waals surface area (Å²) in [5, 5.41) is 9.49. The highest BCUT2D eigenvalue weighted by atomic mass is 79.9. The Bertz CT molecular complexity index is 598. The number of carbonyl (C=O) groups excluding carboxylic acids is 1. The largest absolute Gasteiger partial charge is 0.480 e. The summed E-state index contributed by atoms with van der Waals surface area (Å²) >= 11 is 3.47. The van der Waals surface area contributed by atoms with Gasteiger partial charge >= 0.3 is 5.97 Å². The van der Waals surface area contributed by atoms with Gasteiger partial charge in [-0.3, -0.25) is 4.79 Å². The van der Waals surface area contributed by atoms with E-state index in [0.717, 1.165) is 28.4 Å². The molecule has 0 saturated carbocycles. The summed E-state index contributed by atoms with van der Waals surface area (Å²) in [6.07, 6.45) is 2.39. The average Bonchev–Trinajstić information content (AvgIpc) is 2.99. The van der Waals surface area contributed by atoms with Crippen LogP contribution in [0.3, 0.4) is 0 Å². The molecule has 0 radical (unpaired) electrons. The Kier molecular flexibility index (Phi) is 4.49. The van der Waals surface area contributed by atoms with Crippen molar-refractivity contribution in [3.05, 3.63) is 33.8 Å². The molecule has 2 aliphatic rings. The number of aliphatic carboxylic acids is 1. The molecule has 2 heterocycles. The van der Waals surface area contributed by atoms with Crippen molar-refractivity contribution < 1.29 is 19.4 Å². The Balaban J connectivity index is 1.82. The Morgan fingerprint density at radius 1 is 1.41 bits per heavy atom. The monoisotopic (exact) mass is 367 g/mol. The highest BCUT2D eigenvalue weighted by Crippen LogP contribution is 2.30. The first-order chi connectivity index (χ1) is 10.6. The van der Waals surface area contributed by atoms with Crippen LogP contribution in [0.25, 0.3) is 0 Å². The lowest BCUT2D eigenvalue weighted by Crippen LogP contribution is -2.49. The molecular weight excluding hydrogens is 350 g/mol. The minimum atomic E-state index is -0.956. The molecule has 22 heavy (non-hydrogen) atoms. The van der Waals surface area contributed by atoms with Gasteiger partial charge in [0.05, 0.1) is 12.5 Å². The third-order valence-electron chi connectivity index (χ3n) is 4.36. The highest BCUT2D eigenvalue weighted by Gasteiger charge is 2.36. The van der Waals surface area contributed by atoms with Gasteiger partial charge in [-0.25, -0.2) is 4.79 Å². The Labute approximate surface area is 137 Å². The molecule has 1 aromatic carbocycles. The van der Waals surface area contributed by atoms with Gasteiger partial charge in [-0.15, -0.1) is 0 Å². The van der Waals surface area contributed by atoms with E-state index in [1.165, 1.54) is 4.90 Å². The zero-order valence-electron chi connectivity index (χ0n) is 12.1. The van der Waals surface area contributed by atoms with Gasteiger partial charge in [0.15, 0.2) is 0 Å². The lowest BCUT2D eigenvalue weighted by molar-refractivity contribution is -0.152. The number of carbonyl (C=O) groups is 2. The number of halogens is 1. The van der Waals surface area contributed by atoms with Gasteiger partial charge in [0.2, 0.25) is 5.91 Å². The molecule has 2 atom stereocenters. The van der Waals surface area contributed by atoms with E-state index in [1.807, 2.05) is 18.2 Å². The van der Waals surface area contributed by atoms with Crippen molar-refractivity contribution in [2.24, 2.45) is 0 Å². The number of fused-ring (bicyclic) bond motifs is 1. The first-order valence-electron chi connectivity index (χ1n) is 7.46. The van der Waals surface area contributed by atoms with Crippen LogP contribution in [0.5, 0.6) is 0 Å². The summed E-state index contributed by atoms with van der Waals surface area (Å²) in [6.45, 7) is 1.04. The lowest BCUT2D eigenvalue weighted by atomic mass is 9.93. The van der Waals surface area contributed by atoms with Gasteiger partial charge in [-0.1, -0.05) is 28.1 Å². The SMILES string of the molecule is O=C(O)C1Cc2c(Br)cccc2CN1C(=O)CC1CCCO1. The third kappa shape index (κ3) is 3.03. The fourth-order valence-corrected chi connectivity index (χ4v) is 3.75. The molecule has 3 rings (SSSR count). The topological polar surface area (TPSA) is 66.8 Å². The van der Waals surface area contributed by atoms with Gasteiger partial charge < -0.3 is 14.7 Å². The smallest absolute Gasteiger partial charge is 0.326 e. The molecule has 2 unspecified atom stereocenters. The van der Waals surface area contributed by atoms with Crippen LogP contribution in [-0.2, 0) is 27.3 Å². The van der Waals surface area contributed by atoms with E-state index in [9.17, 15) is 14.7 Å². The van der Waals surface area contributed by atoms with Gasteiger partial charge in [0, 0.05) is 24.0 Å². The maximum absolute atomic E-state index is 12.5. The second kappa shape index (κ2) is 6.38. The van der Waals surface area contributed by atoms with E-state index in [4.69, 9.17) is 4.74 Å². The van der Waals surface area contributed by atoms with Gasteiger partial charge in [-0.2, -0.15) is 0 Å². The standard InChI is InChI=1S/C16H18BrNO4/c17-13-5-1-3-10-9-18(14(16(20)21)8-12(10)13)15(19)7-11-4-2-6-22-11/h1,3,5,11,14H,2,4,6-9H2,(H,20,21). The number of amides is 1. The highest BCUT2D eigenvalue weighted by molar-refractivity contribution is 9.10. The Morgan fingerprint density at radius 2 is 2.23 bits per heavy atom. The van der Waals surface area contributed by atoms with E-state index in [1.54, 1.807) is 0 Å². The minimum Gasteiger partial charge on any atom is -0.480 e. The van der Waals surface area contributed by atoms with E-state index in [0.29, 0.717) is 19.6 Å². The van der Waals surface area contributed by atoms with Crippen LogP contribution in [0.15, 0.2) is 22.7 Å². The molecule has 6 heteroatoms. The predicted molar refractivity (Wildman–Crippen MR) is 83.4 cm³/mol. The molecular formula is C16H18BrNO4. The number of carboxylic acids is 1. The number of hydrogen-bond donors (Lipinski definition) is 1. The Morgan fingerprint density at radius 3 is 2.91 bits per heavy atom. The molecule has 0 aromatic heterocycles. The van der Waals surface area contributed by atoms with Crippen LogP contribution >= 0.6 is 15.9 Å². The molecule has 1 fully saturated rings. The molecule has 1 saturated heterocycles. The van der Waals surface area contributed by atoms with Crippen LogP contribution in [0.2, 0.25) is 0 Å². The van der Waals surface area contributed by atoms with Crippen LogP contribution in [0.1, 0.15) is 30.4 Å². The normalized spacial score (nSPS) is 24.1. The molecule has 2 aliphatic heterocycles. The molecule has 1 aromatic rings. The van der Waals surface area contributed by atoms with E-state index >= 15 is 0 Å². The summed E-state index contributed by atoms with van der Waals surface area (Å²) in [5.41, 5.74) is 1.99. The molecule has 5 nitrogen and oxygen atoms in total. The predicted octanol–water partition coefficient (Wildman–Crippen LogP) is 2.36. The first-order valence-corrected chi connectivity index (χ1v) is 8.25. The van der Waals surface area contributed by atoms with Crippen LogP contribution in [0, 0.1) is 0 Å². The van der Waals surface area contributed by atoms with Gasteiger partial charge in [0.1, 0.15) is 6.04 Å². The van der Waals surface area contributed by atoms with Crippen molar-refractivity contribution in [2.75, 3.05) is 6.61 Å². The fourth-order valence-electron chi connectivity index (χ4n) is 3.18. The molecule has 0 aliphatic carbocycles. The quantitative estimate of drug-likeness (QED) is 0.890. The molecule has 118 valence electrons. The van der Waals surface area contributed by atoms with E-state index in [2.05, 4.69) is 15.9 Å². The summed E-state index contributed by atoms with van der Waals surface area (Å²) in [7, 11) is 0. The first kappa shape index (κ1) is 15.5. The summed E-state index contributed by atoms with van der Waals surface area (Å²) in [5.74, 6) is -1.09. The lowest BCUT2D eigenvalue weighted by Gasteiger charge is -2.35. The summed E-state index contributed by atoms with van der Waals surface area (Å²) in [6, 6.07) is 4.96. The number of ether oxygens (including phenoxy) is 1. The molecule has 0 bridgehead atoms. The van der Waals surface area contributed by atoms with Gasteiger partial charge in [0.25, 0.3) is 0 Å². The zero-order chi connectivity index (χ0) is 15.7. The number of nitrogens with zero attached hydrogens (tertiary/aromatic N) is 1. The number of hydrogen-bond acceptors (Lipinski definition) is 3. The van der Waals surface area contributed by atoms with Crippen LogP contribution in [0.4, 0.5) is 0 Å². The minimum absolute atomic E-state index is 0.0640. The molecule has 0 spiro atoms. The summed E-state index contributed by atoms with van der Waals surface area (Å²) in [4.78, 5) is 25.6. The van der Waals surface area contributed by atoms with Crippen molar-refractivity contribution in [1.82, 2.24) is 4.90 Å². The van der Waals surface area contributed by atoms with E-state index in [-0.39, 0.29) is 18.4 Å². The van der Waals surface area contributed by atoms with Crippen molar-refractivity contribution in [2.45, 2.75) is 44.4 Å². The van der Waals surface area contributed by atoms with Crippen LogP contribution < -0.4 is 0 Å². The average molecular weight is 368 g/mol. The van der Waals surface area contributed by atoms with Crippen molar-refractivity contribution >= 4 is 27.8 Å². The number of carboxylic acid groups (broad SMARTS) is 1. The molecule has 1 N–H and O–H groups in total. The van der Waals surface area contributed by atoms with Gasteiger partial charge in [-0.05, 0) is 30.0 Å². The second-order valence-electron chi connectivity index (χ2n) is 5.80. The maximum Gasteiger partial charge on any atom is 0.326 e. The third-order valence-corrected chi connectivity index (χ3v) is 5.10. The van der Waals surface area contributed by atoms with Crippen molar-refractivity contribution in [1.29, 1.82) is 0 Å². The zero-order valence-corrected chi connectivity index (χ0v) is 13.7. The second-order valence-corrected chi connectivity index (χ2v) is 6.65. The molecule has 1 amide bonds. The van der Waals surface area contributed by atoms with E-state index < -0.39 is 12.0 Å².